The molecule has 0 radical (unpaired) electrons. The highest BCUT2D eigenvalue weighted by atomic mass is 32.1. The lowest BCUT2D eigenvalue weighted by molar-refractivity contribution is -0.145. The van der Waals surface area contributed by atoms with Crippen LogP contribution in [0.5, 0.6) is 0 Å². The minimum atomic E-state index is -0.955. The topological polar surface area (TPSA) is 90.9 Å². The van der Waals surface area contributed by atoms with Crippen molar-refractivity contribution in [2.24, 2.45) is 0 Å². The van der Waals surface area contributed by atoms with E-state index < -0.39 is 24.4 Å². The summed E-state index contributed by atoms with van der Waals surface area (Å²) >= 11 is 1.63. The van der Waals surface area contributed by atoms with Gasteiger partial charge in [0.1, 0.15) is 6.54 Å². The number of fused-ring (bicyclic) bond motifs is 1. The van der Waals surface area contributed by atoms with Gasteiger partial charge in [-0.1, -0.05) is 42.5 Å². The number of aromatic nitrogens is 1. The molecule has 33 heavy (non-hydrogen) atoms. The molecule has 1 unspecified atom stereocenters. The van der Waals surface area contributed by atoms with E-state index in [9.17, 15) is 19.2 Å². The predicted octanol–water partition coefficient (Wildman–Crippen LogP) is 2.99. The number of nitrogens with zero attached hydrogens (tertiary/aromatic N) is 4. The van der Waals surface area contributed by atoms with E-state index in [2.05, 4.69) is 0 Å². The van der Waals surface area contributed by atoms with Gasteiger partial charge in [0.05, 0.1) is 21.8 Å². The standard InChI is InChI=1S/C24H22N4O4S/c29-20(15-28-23(31)22(30)27(24(28)32)13-16-7-2-1-3-8-16)26-12-6-9-17(14-26)21-25-18-10-4-5-11-19(18)33-21/h1-5,7-8,10-11,17H,6,9,12-15H2. The molecule has 168 valence electrons. The van der Waals surface area contributed by atoms with Crippen LogP contribution in [0.25, 0.3) is 10.2 Å². The Balaban J connectivity index is 1.26. The summed E-state index contributed by atoms with van der Waals surface area (Å²) < 4.78 is 1.11. The summed E-state index contributed by atoms with van der Waals surface area (Å²) in [6, 6.07) is 16.2. The summed E-state index contributed by atoms with van der Waals surface area (Å²) in [4.78, 5) is 58.7. The van der Waals surface area contributed by atoms with Crippen LogP contribution >= 0.6 is 11.3 Å². The smallest absolute Gasteiger partial charge is 0.335 e. The summed E-state index contributed by atoms with van der Waals surface area (Å²) in [7, 11) is 0. The SMILES string of the molecule is O=C(CN1C(=O)C(=O)N(Cc2ccccc2)C1=O)N1CCCC(c2nc3ccccc3s2)C1. The van der Waals surface area contributed by atoms with Crippen molar-refractivity contribution in [3.05, 3.63) is 65.2 Å². The Kier molecular flexibility index (Phi) is 5.63. The molecule has 5 rings (SSSR count). The van der Waals surface area contributed by atoms with Gasteiger partial charge >= 0.3 is 17.8 Å². The summed E-state index contributed by atoms with van der Waals surface area (Å²) in [5, 5.41) is 0.992. The van der Waals surface area contributed by atoms with Crippen LogP contribution in [0.1, 0.15) is 29.3 Å². The third-order valence-corrected chi connectivity index (χ3v) is 7.24. The van der Waals surface area contributed by atoms with Crippen LogP contribution in [0.15, 0.2) is 54.6 Å². The molecule has 0 bridgehead atoms. The molecule has 3 aromatic rings. The van der Waals surface area contributed by atoms with Crippen molar-refractivity contribution in [2.75, 3.05) is 19.6 Å². The first-order valence-corrected chi connectivity index (χ1v) is 11.7. The molecule has 2 fully saturated rings. The van der Waals surface area contributed by atoms with E-state index in [-0.39, 0.29) is 18.4 Å². The third-order valence-electron chi connectivity index (χ3n) is 6.05. The fraction of sp³-hybridized carbons (Fsp3) is 0.292. The molecule has 2 saturated heterocycles. The lowest BCUT2D eigenvalue weighted by Crippen LogP contribution is -2.46. The van der Waals surface area contributed by atoms with Gasteiger partial charge in [0.2, 0.25) is 5.91 Å². The average Bonchev–Trinajstić information content (AvgIpc) is 3.36. The van der Waals surface area contributed by atoms with Crippen LogP contribution in [0.2, 0.25) is 0 Å². The van der Waals surface area contributed by atoms with Crippen LogP contribution in [0.3, 0.4) is 0 Å². The largest absolute Gasteiger partial charge is 0.340 e. The number of benzene rings is 2. The zero-order chi connectivity index (χ0) is 22.9. The zero-order valence-electron chi connectivity index (χ0n) is 17.8. The maximum absolute atomic E-state index is 13.0. The fourth-order valence-corrected chi connectivity index (χ4v) is 5.39. The molecule has 0 spiro atoms. The maximum atomic E-state index is 13.0. The van der Waals surface area contributed by atoms with Crippen molar-refractivity contribution in [3.8, 4) is 0 Å². The molecule has 2 aliphatic rings. The molecule has 1 atom stereocenters. The van der Waals surface area contributed by atoms with Crippen molar-refractivity contribution < 1.29 is 19.2 Å². The van der Waals surface area contributed by atoms with Crippen LogP contribution < -0.4 is 0 Å². The molecule has 2 aliphatic heterocycles. The lowest BCUT2D eigenvalue weighted by Gasteiger charge is -2.32. The van der Waals surface area contributed by atoms with E-state index in [4.69, 9.17) is 4.98 Å². The van der Waals surface area contributed by atoms with Crippen LogP contribution in [0.4, 0.5) is 4.79 Å². The second-order valence-electron chi connectivity index (χ2n) is 8.25. The number of carbonyl (C=O) groups is 4. The Morgan fingerprint density at radius 2 is 1.70 bits per heavy atom. The number of hydrogen-bond donors (Lipinski definition) is 0. The first-order chi connectivity index (χ1) is 16.0. The second-order valence-corrected chi connectivity index (χ2v) is 9.31. The minimum absolute atomic E-state index is 0.00165. The Labute approximate surface area is 194 Å². The Morgan fingerprint density at radius 1 is 0.970 bits per heavy atom. The van der Waals surface area contributed by atoms with Crippen LogP contribution in [0, 0.1) is 0 Å². The molecule has 8 nitrogen and oxygen atoms in total. The highest BCUT2D eigenvalue weighted by Crippen LogP contribution is 2.33. The summed E-state index contributed by atoms with van der Waals surface area (Å²) in [6.07, 6.45) is 1.74. The molecule has 9 heteroatoms. The highest BCUT2D eigenvalue weighted by molar-refractivity contribution is 7.18. The van der Waals surface area contributed by atoms with E-state index in [1.165, 1.54) is 0 Å². The zero-order valence-corrected chi connectivity index (χ0v) is 18.7. The number of hydrogen-bond acceptors (Lipinski definition) is 6. The predicted molar refractivity (Wildman–Crippen MR) is 122 cm³/mol. The van der Waals surface area contributed by atoms with Gasteiger partial charge < -0.3 is 4.90 Å². The number of carbonyl (C=O) groups excluding carboxylic acids is 4. The number of likely N-dealkylation sites (tertiary alicyclic amines) is 1. The van der Waals surface area contributed by atoms with E-state index >= 15 is 0 Å². The molecule has 2 aromatic carbocycles. The quantitative estimate of drug-likeness (QED) is 0.430. The van der Waals surface area contributed by atoms with Gasteiger partial charge in [0, 0.05) is 19.0 Å². The van der Waals surface area contributed by atoms with Gasteiger partial charge in [-0.2, -0.15) is 0 Å². The van der Waals surface area contributed by atoms with E-state index in [0.29, 0.717) is 13.1 Å². The van der Waals surface area contributed by atoms with Gasteiger partial charge in [0.25, 0.3) is 0 Å². The Bertz CT molecular complexity index is 1210. The molecule has 0 aliphatic carbocycles. The number of rotatable bonds is 5. The number of imide groups is 2. The maximum Gasteiger partial charge on any atom is 0.335 e. The number of piperidine rings is 1. The molecule has 1 aromatic heterocycles. The van der Waals surface area contributed by atoms with Crippen molar-refractivity contribution in [1.29, 1.82) is 0 Å². The number of para-hydroxylation sites is 1. The Morgan fingerprint density at radius 3 is 2.48 bits per heavy atom. The fourth-order valence-electron chi connectivity index (χ4n) is 4.30. The van der Waals surface area contributed by atoms with Crippen molar-refractivity contribution >= 4 is 45.3 Å². The van der Waals surface area contributed by atoms with E-state index in [1.54, 1.807) is 40.5 Å². The number of thiazole rings is 1. The molecule has 0 saturated carbocycles. The van der Waals surface area contributed by atoms with Gasteiger partial charge in [0.15, 0.2) is 0 Å². The van der Waals surface area contributed by atoms with E-state index in [1.807, 2.05) is 30.3 Å². The number of amides is 5. The second kappa shape index (κ2) is 8.74. The monoisotopic (exact) mass is 462 g/mol. The molecule has 5 amide bonds. The molecular weight excluding hydrogens is 440 g/mol. The first kappa shape index (κ1) is 21.3. The van der Waals surface area contributed by atoms with Crippen LogP contribution in [-0.2, 0) is 20.9 Å². The molecule has 3 heterocycles. The molecular formula is C24H22N4O4S. The summed E-state index contributed by atoms with van der Waals surface area (Å²) in [5.74, 6) is -2.08. The first-order valence-electron chi connectivity index (χ1n) is 10.9. The van der Waals surface area contributed by atoms with Crippen LogP contribution in [-0.4, -0.2) is 63.1 Å². The molecule has 0 N–H and O–H groups in total. The van der Waals surface area contributed by atoms with Gasteiger partial charge in [-0.05, 0) is 30.5 Å². The van der Waals surface area contributed by atoms with Gasteiger partial charge in [-0.15, -0.1) is 11.3 Å². The van der Waals surface area contributed by atoms with Gasteiger partial charge in [-0.3, -0.25) is 19.3 Å². The van der Waals surface area contributed by atoms with Gasteiger partial charge in [-0.25, -0.2) is 14.7 Å². The summed E-state index contributed by atoms with van der Waals surface area (Å²) in [6.45, 7) is 0.605. The number of urea groups is 1. The normalized spacial score (nSPS) is 19.1. The summed E-state index contributed by atoms with van der Waals surface area (Å²) in [5.41, 5.74) is 1.68. The highest BCUT2D eigenvalue weighted by Gasteiger charge is 2.45. The van der Waals surface area contributed by atoms with Crippen molar-refractivity contribution in [2.45, 2.75) is 25.3 Å². The minimum Gasteiger partial charge on any atom is -0.340 e. The average molecular weight is 463 g/mol. The third kappa shape index (κ3) is 4.11. The lowest BCUT2D eigenvalue weighted by atomic mass is 9.98. The van der Waals surface area contributed by atoms with Crippen molar-refractivity contribution in [1.82, 2.24) is 19.7 Å². The van der Waals surface area contributed by atoms with E-state index in [0.717, 1.165) is 43.4 Å². The van der Waals surface area contributed by atoms with Crippen molar-refractivity contribution in [3.63, 3.8) is 0 Å². The Hall–Kier alpha value is -3.59.